The first-order chi connectivity index (χ1) is 8.09. The number of benzene rings is 2. The summed E-state index contributed by atoms with van der Waals surface area (Å²) in [6.07, 6.45) is 0.351. The Labute approximate surface area is 105 Å². The van der Waals surface area contributed by atoms with Crippen LogP contribution in [-0.4, -0.2) is 16.3 Å². The molecular formula is C14H13ClO2. The van der Waals surface area contributed by atoms with Crippen molar-refractivity contribution in [3.05, 3.63) is 42.0 Å². The van der Waals surface area contributed by atoms with E-state index in [2.05, 4.69) is 0 Å². The number of alkyl halides is 1. The number of phenols is 1. The fourth-order valence-corrected chi connectivity index (χ4v) is 2.02. The molecule has 0 aliphatic rings. The number of halogens is 1. The zero-order valence-corrected chi connectivity index (χ0v) is 10.2. The third kappa shape index (κ3) is 2.42. The van der Waals surface area contributed by atoms with E-state index < -0.39 is 5.38 Å². The van der Waals surface area contributed by atoms with Gasteiger partial charge in [0.2, 0.25) is 0 Å². The number of carbonyl (C=O) groups excluding carboxylic acids is 1. The van der Waals surface area contributed by atoms with E-state index in [9.17, 15) is 9.90 Å². The van der Waals surface area contributed by atoms with Crippen LogP contribution in [0.5, 0.6) is 5.75 Å². The third-order valence-corrected chi connectivity index (χ3v) is 3.30. The van der Waals surface area contributed by atoms with E-state index in [4.69, 9.17) is 11.6 Å². The molecule has 17 heavy (non-hydrogen) atoms. The smallest absolute Gasteiger partial charge is 0.147 e. The highest BCUT2D eigenvalue weighted by molar-refractivity contribution is 6.31. The number of phenolic OH excluding ortho intramolecular Hbond substituents is 1. The Hall–Kier alpha value is -1.54. The van der Waals surface area contributed by atoms with Crippen molar-refractivity contribution < 1.29 is 9.90 Å². The second-order valence-corrected chi connectivity index (χ2v) is 4.59. The molecule has 2 rings (SSSR count). The molecule has 0 saturated carbocycles. The second kappa shape index (κ2) is 4.76. The average molecular weight is 249 g/mol. The second-order valence-electron chi connectivity index (χ2n) is 4.07. The standard InChI is InChI=1S/C14H13ClO2/c1-9(16)13(15)8-12-11-5-3-2-4-10(11)6-7-14(12)17/h2-7,13,17H,8H2,1H3. The summed E-state index contributed by atoms with van der Waals surface area (Å²) in [5, 5.41) is 11.3. The number of Topliss-reactive ketones (excluding diaryl/α,β-unsaturated/α-hetero) is 1. The van der Waals surface area contributed by atoms with Crippen molar-refractivity contribution in [3.8, 4) is 5.75 Å². The largest absolute Gasteiger partial charge is 0.508 e. The van der Waals surface area contributed by atoms with Crippen LogP contribution in [0.3, 0.4) is 0 Å². The molecule has 2 nitrogen and oxygen atoms in total. The van der Waals surface area contributed by atoms with Gasteiger partial charge in [-0.3, -0.25) is 4.79 Å². The zero-order valence-electron chi connectivity index (χ0n) is 9.48. The highest BCUT2D eigenvalue weighted by atomic mass is 35.5. The number of aromatic hydroxyl groups is 1. The van der Waals surface area contributed by atoms with Gasteiger partial charge in [0.05, 0.1) is 5.38 Å². The Morgan fingerprint density at radius 1 is 1.29 bits per heavy atom. The number of ketones is 1. The summed E-state index contributed by atoms with van der Waals surface area (Å²) in [5.74, 6) is 0.106. The van der Waals surface area contributed by atoms with E-state index >= 15 is 0 Å². The van der Waals surface area contributed by atoms with Gasteiger partial charge in [-0.05, 0) is 30.2 Å². The maximum Gasteiger partial charge on any atom is 0.147 e. The van der Waals surface area contributed by atoms with Crippen LogP contribution in [0, 0.1) is 0 Å². The van der Waals surface area contributed by atoms with Gasteiger partial charge >= 0.3 is 0 Å². The Balaban J connectivity index is 2.51. The van der Waals surface area contributed by atoms with Gasteiger partial charge in [-0.15, -0.1) is 11.6 Å². The average Bonchev–Trinajstić information content (AvgIpc) is 2.32. The fourth-order valence-electron chi connectivity index (χ4n) is 1.86. The quantitative estimate of drug-likeness (QED) is 0.847. The summed E-state index contributed by atoms with van der Waals surface area (Å²) in [4.78, 5) is 11.2. The number of rotatable bonds is 3. The molecule has 0 aliphatic carbocycles. The van der Waals surface area contributed by atoms with Crippen molar-refractivity contribution in [2.45, 2.75) is 18.7 Å². The molecule has 0 aromatic heterocycles. The summed E-state index contributed by atoms with van der Waals surface area (Å²) < 4.78 is 0. The van der Waals surface area contributed by atoms with Gasteiger partial charge in [0.25, 0.3) is 0 Å². The van der Waals surface area contributed by atoms with Gasteiger partial charge in [0.1, 0.15) is 11.5 Å². The Kier molecular flexibility index (Phi) is 3.34. The monoisotopic (exact) mass is 248 g/mol. The van der Waals surface area contributed by atoms with Crippen molar-refractivity contribution in [2.24, 2.45) is 0 Å². The summed E-state index contributed by atoms with van der Waals surface area (Å²) >= 11 is 5.96. The maximum absolute atomic E-state index is 11.2. The van der Waals surface area contributed by atoms with Crippen molar-refractivity contribution in [3.63, 3.8) is 0 Å². The SMILES string of the molecule is CC(=O)C(Cl)Cc1c(O)ccc2ccccc12. The first kappa shape index (κ1) is 11.9. The highest BCUT2D eigenvalue weighted by Crippen LogP contribution is 2.29. The fraction of sp³-hybridized carbons (Fsp3) is 0.214. The van der Waals surface area contributed by atoms with E-state index in [0.29, 0.717) is 6.42 Å². The Morgan fingerprint density at radius 3 is 2.71 bits per heavy atom. The molecular weight excluding hydrogens is 236 g/mol. The summed E-state index contributed by atoms with van der Waals surface area (Å²) in [7, 11) is 0. The van der Waals surface area contributed by atoms with Crippen LogP contribution < -0.4 is 0 Å². The molecule has 1 N–H and O–H groups in total. The summed E-state index contributed by atoms with van der Waals surface area (Å²) in [6, 6.07) is 11.2. The number of carbonyl (C=O) groups is 1. The lowest BCUT2D eigenvalue weighted by molar-refractivity contribution is -0.116. The van der Waals surface area contributed by atoms with Gasteiger partial charge in [-0.2, -0.15) is 0 Å². The van der Waals surface area contributed by atoms with Crippen molar-refractivity contribution in [1.82, 2.24) is 0 Å². The molecule has 0 spiro atoms. The predicted octanol–water partition coefficient (Wildman–Crippen LogP) is 3.28. The molecule has 0 saturated heterocycles. The summed E-state index contributed by atoms with van der Waals surface area (Å²) in [6.45, 7) is 1.46. The molecule has 0 amide bonds. The lowest BCUT2D eigenvalue weighted by Gasteiger charge is -2.11. The van der Waals surface area contributed by atoms with Crippen LogP contribution in [0.2, 0.25) is 0 Å². The van der Waals surface area contributed by atoms with Crippen LogP contribution in [0.15, 0.2) is 36.4 Å². The van der Waals surface area contributed by atoms with Crippen LogP contribution >= 0.6 is 11.6 Å². The zero-order chi connectivity index (χ0) is 12.4. The molecule has 1 unspecified atom stereocenters. The van der Waals surface area contributed by atoms with Gasteiger partial charge in [-0.25, -0.2) is 0 Å². The minimum Gasteiger partial charge on any atom is -0.508 e. The van der Waals surface area contributed by atoms with E-state index in [1.165, 1.54) is 6.92 Å². The first-order valence-corrected chi connectivity index (χ1v) is 5.87. The predicted molar refractivity (Wildman–Crippen MR) is 69.6 cm³/mol. The Morgan fingerprint density at radius 2 is 2.00 bits per heavy atom. The van der Waals surface area contributed by atoms with E-state index in [-0.39, 0.29) is 11.5 Å². The third-order valence-electron chi connectivity index (χ3n) is 2.84. The normalized spacial score (nSPS) is 12.6. The molecule has 0 bridgehead atoms. The lowest BCUT2D eigenvalue weighted by Crippen LogP contribution is -2.13. The highest BCUT2D eigenvalue weighted by Gasteiger charge is 2.15. The minimum absolute atomic E-state index is 0.0843. The van der Waals surface area contributed by atoms with Crippen LogP contribution in [0.4, 0.5) is 0 Å². The van der Waals surface area contributed by atoms with Gasteiger partial charge < -0.3 is 5.11 Å². The molecule has 2 aromatic carbocycles. The van der Waals surface area contributed by atoms with E-state index in [1.807, 2.05) is 30.3 Å². The van der Waals surface area contributed by atoms with Crippen LogP contribution in [0.25, 0.3) is 10.8 Å². The van der Waals surface area contributed by atoms with Gasteiger partial charge in [0.15, 0.2) is 0 Å². The minimum atomic E-state index is -0.591. The first-order valence-electron chi connectivity index (χ1n) is 5.43. The topological polar surface area (TPSA) is 37.3 Å². The van der Waals surface area contributed by atoms with Crippen LogP contribution in [0.1, 0.15) is 12.5 Å². The van der Waals surface area contributed by atoms with Gasteiger partial charge in [0, 0.05) is 5.56 Å². The molecule has 3 heteroatoms. The number of fused-ring (bicyclic) bond motifs is 1. The molecule has 0 aliphatic heterocycles. The molecule has 0 fully saturated rings. The van der Waals surface area contributed by atoms with Crippen molar-refractivity contribution in [1.29, 1.82) is 0 Å². The van der Waals surface area contributed by atoms with Gasteiger partial charge in [-0.1, -0.05) is 30.3 Å². The molecule has 88 valence electrons. The number of hydrogen-bond donors (Lipinski definition) is 1. The molecule has 0 radical (unpaired) electrons. The van der Waals surface area contributed by atoms with E-state index in [1.54, 1.807) is 6.07 Å². The molecule has 2 aromatic rings. The number of hydrogen-bond acceptors (Lipinski definition) is 2. The van der Waals surface area contributed by atoms with Crippen LogP contribution in [-0.2, 0) is 11.2 Å². The molecule has 1 atom stereocenters. The molecule has 0 heterocycles. The lowest BCUT2D eigenvalue weighted by atomic mass is 9.99. The Bertz CT molecular complexity index is 563. The maximum atomic E-state index is 11.2. The van der Waals surface area contributed by atoms with Crippen molar-refractivity contribution >= 4 is 28.2 Å². The van der Waals surface area contributed by atoms with Crippen molar-refractivity contribution in [2.75, 3.05) is 0 Å². The summed E-state index contributed by atoms with van der Waals surface area (Å²) in [5.41, 5.74) is 0.735. The van der Waals surface area contributed by atoms with E-state index in [0.717, 1.165) is 16.3 Å².